The molecule has 2 aliphatic heterocycles. The second kappa shape index (κ2) is 8.44. The maximum Gasteiger partial charge on any atom is 0.253 e. The predicted molar refractivity (Wildman–Crippen MR) is 123 cm³/mol. The van der Waals surface area contributed by atoms with Gasteiger partial charge >= 0.3 is 0 Å². The van der Waals surface area contributed by atoms with Crippen molar-refractivity contribution in [1.82, 2.24) is 30.1 Å². The topological polar surface area (TPSA) is 98.2 Å². The number of aromatic nitrogens is 5. The highest BCUT2D eigenvalue weighted by molar-refractivity contribution is 5.83. The molecule has 174 valence electrons. The number of rotatable bonds is 4. The number of likely N-dealkylation sites (tertiary alicyclic amines) is 1. The van der Waals surface area contributed by atoms with Crippen molar-refractivity contribution in [2.24, 2.45) is 5.92 Å². The van der Waals surface area contributed by atoms with Gasteiger partial charge in [-0.15, -0.1) is 5.10 Å². The molecule has 0 spiro atoms. The van der Waals surface area contributed by atoms with Crippen molar-refractivity contribution in [3.63, 3.8) is 0 Å². The van der Waals surface area contributed by atoms with E-state index in [9.17, 15) is 4.79 Å². The van der Waals surface area contributed by atoms with Crippen LogP contribution in [0.1, 0.15) is 68.9 Å². The lowest BCUT2D eigenvalue weighted by Gasteiger charge is -2.36. The quantitative estimate of drug-likeness (QED) is 0.652. The molecule has 0 radical (unpaired) electrons. The minimum Gasteiger partial charge on any atom is -0.486 e. The van der Waals surface area contributed by atoms with Gasteiger partial charge in [0.05, 0.1) is 11.6 Å². The molecule has 0 bridgehead atoms. The number of piperidine rings is 1. The zero-order valence-electron chi connectivity index (χ0n) is 19.0. The van der Waals surface area contributed by atoms with Crippen molar-refractivity contribution < 1.29 is 9.47 Å². The second-order valence-corrected chi connectivity index (χ2v) is 9.68. The smallest absolute Gasteiger partial charge is 0.253 e. The van der Waals surface area contributed by atoms with Crippen LogP contribution in [0.5, 0.6) is 11.5 Å². The summed E-state index contributed by atoms with van der Waals surface area (Å²) in [5.74, 6) is 2.85. The van der Waals surface area contributed by atoms with Crippen molar-refractivity contribution in [2.75, 3.05) is 26.3 Å². The third kappa shape index (κ3) is 3.78. The van der Waals surface area contributed by atoms with E-state index < -0.39 is 0 Å². The van der Waals surface area contributed by atoms with Gasteiger partial charge in [-0.3, -0.25) is 9.69 Å². The van der Waals surface area contributed by atoms with Gasteiger partial charge in [-0.25, -0.2) is 4.68 Å². The number of hydrogen-bond acceptors (Lipinski definition) is 7. The standard InChI is InChI=1S/C24H30N6O3/c1-15-6-8-29(9-7-15)22(23-26-27-28-30(23)17-4-2-3-5-17)18-12-16-13-20-21(33-11-10-32-20)14-19(16)25-24(18)31/h12-15,17,22H,2-11H2,1H3,(H,25,31)/t22-/m0/s1. The molecule has 2 fully saturated rings. The van der Waals surface area contributed by atoms with Crippen molar-refractivity contribution in [1.29, 1.82) is 0 Å². The van der Waals surface area contributed by atoms with E-state index in [0.29, 0.717) is 42.2 Å². The normalized spacial score (nSPS) is 21.0. The van der Waals surface area contributed by atoms with Gasteiger partial charge < -0.3 is 14.5 Å². The van der Waals surface area contributed by atoms with Gasteiger partial charge in [0.1, 0.15) is 19.3 Å². The molecule has 1 saturated carbocycles. The fraction of sp³-hybridized carbons (Fsp3) is 0.583. The summed E-state index contributed by atoms with van der Waals surface area (Å²) in [6, 6.07) is 5.82. The largest absolute Gasteiger partial charge is 0.486 e. The Kier molecular flexibility index (Phi) is 5.28. The lowest BCUT2D eigenvalue weighted by atomic mass is 9.95. The fourth-order valence-electron chi connectivity index (χ4n) is 5.54. The molecule has 1 saturated heterocycles. The van der Waals surface area contributed by atoms with Crippen LogP contribution in [0.2, 0.25) is 0 Å². The average molecular weight is 451 g/mol. The summed E-state index contributed by atoms with van der Waals surface area (Å²) in [4.78, 5) is 18.9. The number of fused-ring (bicyclic) bond motifs is 2. The van der Waals surface area contributed by atoms with Gasteiger partial charge in [-0.05, 0) is 67.3 Å². The number of hydrogen-bond donors (Lipinski definition) is 1. The molecular weight excluding hydrogens is 420 g/mol. The summed E-state index contributed by atoms with van der Waals surface area (Å²) in [7, 11) is 0. The highest BCUT2D eigenvalue weighted by Crippen LogP contribution is 2.37. The van der Waals surface area contributed by atoms with E-state index >= 15 is 0 Å². The van der Waals surface area contributed by atoms with Crippen LogP contribution in [0.25, 0.3) is 10.9 Å². The summed E-state index contributed by atoms with van der Waals surface area (Å²) in [6.07, 6.45) is 6.76. The molecule has 4 heterocycles. The lowest BCUT2D eigenvalue weighted by Crippen LogP contribution is -2.40. The number of nitrogens with one attached hydrogen (secondary N) is 1. The maximum atomic E-state index is 13.4. The van der Waals surface area contributed by atoms with Crippen LogP contribution in [0, 0.1) is 5.92 Å². The zero-order valence-corrected chi connectivity index (χ0v) is 19.0. The first kappa shape index (κ1) is 20.7. The second-order valence-electron chi connectivity index (χ2n) is 9.68. The molecule has 1 N–H and O–H groups in total. The molecule has 2 aromatic heterocycles. The van der Waals surface area contributed by atoms with E-state index in [4.69, 9.17) is 9.47 Å². The Morgan fingerprint density at radius 2 is 1.76 bits per heavy atom. The van der Waals surface area contributed by atoms with Crippen LogP contribution in [0.15, 0.2) is 23.0 Å². The SMILES string of the molecule is CC1CCN([C@@H](c2cc3cc4c(cc3[nH]c2=O)OCCO4)c2nnnn2C2CCCC2)CC1. The fourth-order valence-corrected chi connectivity index (χ4v) is 5.54. The molecule has 33 heavy (non-hydrogen) atoms. The molecule has 9 nitrogen and oxygen atoms in total. The number of tetrazole rings is 1. The van der Waals surface area contributed by atoms with Crippen molar-refractivity contribution in [2.45, 2.75) is 57.5 Å². The predicted octanol–water partition coefficient (Wildman–Crippen LogP) is 3.22. The van der Waals surface area contributed by atoms with E-state index in [-0.39, 0.29) is 11.6 Å². The number of pyridine rings is 1. The third-order valence-corrected chi connectivity index (χ3v) is 7.45. The summed E-state index contributed by atoms with van der Waals surface area (Å²) in [5, 5.41) is 13.9. The molecule has 1 atom stereocenters. The number of H-pyrrole nitrogens is 1. The first-order valence-electron chi connectivity index (χ1n) is 12.2. The van der Waals surface area contributed by atoms with Crippen LogP contribution in [-0.2, 0) is 0 Å². The molecule has 0 amide bonds. The summed E-state index contributed by atoms with van der Waals surface area (Å²) in [5.41, 5.74) is 1.32. The van der Waals surface area contributed by atoms with E-state index in [2.05, 4.69) is 32.3 Å². The first-order chi connectivity index (χ1) is 16.2. The Morgan fingerprint density at radius 1 is 1.03 bits per heavy atom. The van der Waals surface area contributed by atoms with Gasteiger partial charge in [0, 0.05) is 17.0 Å². The molecule has 0 unspecified atom stereocenters. The monoisotopic (exact) mass is 450 g/mol. The highest BCUT2D eigenvalue weighted by Gasteiger charge is 2.34. The van der Waals surface area contributed by atoms with Crippen LogP contribution in [0.3, 0.4) is 0 Å². The number of ether oxygens (including phenoxy) is 2. The molecule has 3 aromatic rings. The van der Waals surface area contributed by atoms with Gasteiger partial charge in [0.25, 0.3) is 5.56 Å². The Balaban J connectivity index is 1.47. The lowest BCUT2D eigenvalue weighted by molar-refractivity contribution is 0.147. The summed E-state index contributed by atoms with van der Waals surface area (Å²) >= 11 is 0. The Hall–Kier alpha value is -2.94. The van der Waals surface area contributed by atoms with Crippen LogP contribution >= 0.6 is 0 Å². The molecule has 3 aliphatic rings. The van der Waals surface area contributed by atoms with Crippen LogP contribution in [-0.4, -0.2) is 56.4 Å². The number of aromatic amines is 1. The molecule has 1 aromatic carbocycles. The molecule has 9 heteroatoms. The van der Waals surface area contributed by atoms with E-state index in [0.717, 1.165) is 55.5 Å². The van der Waals surface area contributed by atoms with Crippen molar-refractivity contribution >= 4 is 10.9 Å². The minimum atomic E-state index is -0.283. The van der Waals surface area contributed by atoms with E-state index in [1.165, 1.54) is 12.8 Å². The van der Waals surface area contributed by atoms with Gasteiger partial charge in [-0.1, -0.05) is 19.8 Å². The van der Waals surface area contributed by atoms with E-state index in [1.807, 2.05) is 22.9 Å². The van der Waals surface area contributed by atoms with Crippen molar-refractivity contribution in [3.8, 4) is 11.5 Å². The first-order valence-corrected chi connectivity index (χ1v) is 12.2. The number of nitrogens with zero attached hydrogens (tertiary/aromatic N) is 5. The number of benzene rings is 1. The van der Waals surface area contributed by atoms with Gasteiger partial charge in [-0.2, -0.15) is 0 Å². The third-order valence-electron chi connectivity index (χ3n) is 7.45. The molecular formula is C24H30N6O3. The van der Waals surface area contributed by atoms with Crippen molar-refractivity contribution in [3.05, 3.63) is 39.9 Å². The van der Waals surface area contributed by atoms with Crippen LogP contribution in [0.4, 0.5) is 0 Å². The summed E-state index contributed by atoms with van der Waals surface area (Å²) in [6.45, 7) is 5.17. The zero-order chi connectivity index (χ0) is 22.4. The Bertz CT molecular complexity index is 1210. The summed E-state index contributed by atoms with van der Waals surface area (Å²) < 4.78 is 13.5. The minimum absolute atomic E-state index is 0.108. The Morgan fingerprint density at radius 3 is 2.52 bits per heavy atom. The van der Waals surface area contributed by atoms with E-state index in [1.54, 1.807) is 0 Å². The van der Waals surface area contributed by atoms with Crippen LogP contribution < -0.4 is 15.0 Å². The highest BCUT2D eigenvalue weighted by atomic mass is 16.6. The molecule has 1 aliphatic carbocycles. The van der Waals surface area contributed by atoms with Gasteiger partial charge in [0.15, 0.2) is 17.3 Å². The van der Waals surface area contributed by atoms with Gasteiger partial charge in [0.2, 0.25) is 0 Å². The average Bonchev–Trinajstić information content (AvgIpc) is 3.52. The molecule has 6 rings (SSSR count). The Labute approximate surface area is 192 Å². The maximum absolute atomic E-state index is 13.4.